The van der Waals surface area contributed by atoms with E-state index < -0.39 is 11.9 Å². The normalized spacial score (nSPS) is 9.67. The predicted octanol–water partition coefficient (Wildman–Crippen LogP) is 1.43. The Morgan fingerprint density at radius 1 is 1.40 bits per heavy atom. The van der Waals surface area contributed by atoms with Crippen molar-refractivity contribution >= 4 is 18.0 Å². The third-order valence-electron chi connectivity index (χ3n) is 1.96. The molecule has 0 unspecified atom stereocenters. The van der Waals surface area contributed by atoms with Crippen molar-refractivity contribution in [3.05, 3.63) is 35.2 Å². The summed E-state index contributed by atoms with van der Waals surface area (Å²) in [7, 11) is 0. The zero-order valence-corrected chi connectivity index (χ0v) is 8.02. The molecule has 1 aromatic heterocycles. The van der Waals surface area contributed by atoms with E-state index in [4.69, 9.17) is 10.2 Å². The van der Waals surface area contributed by atoms with Gasteiger partial charge in [-0.25, -0.2) is 9.59 Å². The molecule has 1 rings (SSSR count). The first-order valence-corrected chi connectivity index (χ1v) is 4.07. The van der Waals surface area contributed by atoms with E-state index in [9.17, 15) is 9.59 Å². The maximum Gasteiger partial charge on any atom is 0.338 e. The first kappa shape index (κ1) is 10.9. The second kappa shape index (κ2) is 3.91. The fraction of sp³-hybridized carbons (Fsp3) is 0.100. The standard InChI is InChI=1S/C10H9NO4/c1-3-6-5(2)11-4-7(9(12)13)8(6)10(14)15/h3-4H,1H2,2H3,(H,12,13)(H,14,15). The largest absolute Gasteiger partial charge is 0.478 e. The number of aryl methyl sites for hydroxylation is 1. The summed E-state index contributed by atoms with van der Waals surface area (Å²) in [5.74, 6) is -2.62. The fourth-order valence-corrected chi connectivity index (χ4v) is 1.26. The van der Waals surface area contributed by atoms with Crippen LogP contribution in [0, 0.1) is 6.92 Å². The van der Waals surface area contributed by atoms with E-state index in [0.29, 0.717) is 5.69 Å². The molecule has 0 fully saturated rings. The van der Waals surface area contributed by atoms with Crippen LogP contribution in [0.5, 0.6) is 0 Å². The van der Waals surface area contributed by atoms with Gasteiger partial charge in [0.2, 0.25) is 0 Å². The van der Waals surface area contributed by atoms with Crippen LogP contribution in [-0.2, 0) is 0 Å². The zero-order valence-electron chi connectivity index (χ0n) is 8.02. The van der Waals surface area contributed by atoms with Gasteiger partial charge in [0.25, 0.3) is 0 Å². The molecule has 0 radical (unpaired) electrons. The summed E-state index contributed by atoms with van der Waals surface area (Å²) in [5, 5.41) is 17.7. The SMILES string of the molecule is C=Cc1c(C)ncc(C(=O)O)c1C(=O)O. The molecule has 78 valence electrons. The fourth-order valence-electron chi connectivity index (χ4n) is 1.26. The van der Waals surface area contributed by atoms with Gasteiger partial charge in [-0.2, -0.15) is 0 Å². The van der Waals surface area contributed by atoms with E-state index in [1.807, 2.05) is 0 Å². The molecule has 0 aliphatic rings. The second-order valence-corrected chi connectivity index (χ2v) is 2.86. The van der Waals surface area contributed by atoms with Crippen LogP contribution in [0.25, 0.3) is 6.08 Å². The topological polar surface area (TPSA) is 87.5 Å². The molecule has 15 heavy (non-hydrogen) atoms. The van der Waals surface area contributed by atoms with Crippen molar-refractivity contribution in [2.45, 2.75) is 6.92 Å². The lowest BCUT2D eigenvalue weighted by atomic mass is 10.0. The van der Waals surface area contributed by atoms with Crippen LogP contribution in [0.3, 0.4) is 0 Å². The Morgan fingerprint density at radius 2 is 2.00 bits per heavy atom. The number of aromatic nitrogens is 1. The quantitative estimate of drug-likeness (QED) is 0.782. The van der Waals surface area contributed by atoms with Gasteiger partial charge in [0.1, 0.15) is 0 Å². The van der Waals surface area contributed by atoms with Crippen molar-refractivity contribution in [1.29, 1.82) is 0 Å². The van der Waals surface area contributed by atoms with Gasteiger partial charge in [0.15, 0.2) is 0 Å². The molecule has 0 spiro atoms. The highest BCUT2D eigenvalue weighted by molar-refractivity contribution is 6.04. The van der Waals surface area contributed by atoms with Gasteiger partial charge in [0, 0.05) is 17.5 Å². The van der Waals surface area contributed by atoms with E-state index in [-0.39, 0.29) is 16.7 Å². The van der Waals surface area contributed by atoms with Gasteiger partial charge in [-0.05, 0) is 6.92 Å². The van der Waals surface area contributed by atoms with Crippen LogP contribution in [0.1, 0.15) is 32.0 Å². The molecule has 1 heterocycles. The number of pyridine rings is 1. The number of hydrogen-bond donors (Lipinski definition) is 2. The van der Waals surface area contributed by atoms with E-state index in [2.05, 4.69) is 11.6 Å². The number of nitrogens with zero attached hydrogens (tertiary/aromatic N) is 1. The average molecular weight is 207 g/mol. The Kier molecular flexibility index (Phi) is 2.85. The molecule has 0 aromatic carbocycles. The van der Waals surface area contributed by atoms with Crippen molar-refractivity contribution < 1.29 is 19.8 Å². The lowest BCUT2D eigenvalue weighted by Gasteiger charge is -2.07. The van der Waals surface area contributed by atoms with Gasteiger partial charge >= 0.3 is 11.9 Å². The summed E-state index contributed by atoms with van der Waals surface area (Å²) >= 11 is 0. The van der Waals surface area contributed by atoms with Crippen LogP contribution in [0.4, 0.5) is 0 Å². The Labute approximate surface area is 85.7 Å². The van der Waals surface area contributed by atoms with Gasteiger partial charge in [-0.15, -0.1) is 0 Å². The molecule has 2 N–H and O–H groups in total. The summed E-state index contributed by atoms with van der Waals surface area (Å²) in [6, 6.07) is 0. The molecule has 5 nitrogen and oxygen atoms in total. The number of carboxylic acids is 2. The highest BCUT2D eigenvalue weighted by Gasteiger charge is 2.20. The lowest BCUT2D eigenvalue weighted by molar-refractivity contribution is 0.0650. The first-order valence-electron chi connectivity index (χ1n) is 4.07. The summed E-state index contributed by atoms with van der Waals surface area (Å²) in [6.07, 6.45) is 2.33. The molecule has 5 heteroatoms. The summed E-state index contributed by atoms with van der Waals surface area (Å²) in [5.41, 5.74) is 0.0720. The smallest absolute Gasteiger partial charge is 0.338 e. The molecule has 0 saturated carbocycles. The molecule has 0 amide bonds. The van der Waals surface area contributed by atoms with Crippen LogP contribution in [0.15, 0.2) is 12.8 Å². The minimum absolute atomic E-state index is 0.238. The third kappa shape index (κ3) is 1.85. The maximum absolute atomic E-state index is 10.9. The summed E-state index contributed by atoms with van der Waals surface area (Å²) < 4.78 is 0. The van der Waals surface area contributed by atoms with Gasteiger partial charge < -0.3 is 10.2 Å². The lowest BCUT2D eigenvalue weighted by Crippen LogP contribution is -2.12. The Morgan fingerprint density at radius 3 is 2.40 bits per heavy atom. The van der Waals surface area contributed by atoms with Gasteiger partial charge in [0.05, 0.1) is 11.1 Å². The molecule has 0 aliphatic carbocycles. The monoisotopic (exact) mass is 207 g/mol. The third-order valence-corrected chi connectivity index (χ3v) is 1.96. The molecule has 0 aliphatic heterocycles. The number of rotatable bonds is 3. The van der Waals surface area contributed by atoms with Crippen LogP contribution in [-0.4, -0.2) is 27.1 Å². The highest BCUT2D eigenvalue weighted by Crippen LogP contribution is 2.18. The van der Waals surface area contributed by atoms with Crippen molar-refractivity contribution in [2.75, 3.05) is 0 Å². The maximum atomic E-state index is 10.9. The molecule has 0 bridgehead atoms. The molecule has 1 aromatic rings. The number of aromatic carboxylic acids is 2. The van der Waals surface area contributed by atoms with Crippen LogP contribution < -0.4 is 0 Å². The van der Waals surface area contributed by atoms with E-state index in [0.717, 1.165) is 6.20 Å². The number of hydrogen-bond acceptors (Lipinski definition) is 3. The van der Waals surface area contributed by atoms with Crippen LogP contribution >= 0.6 is 0 Å². The van der Waals surface area contributed by atoms with E-state index in [1.54, 1.807) is 6.92 Å². The van der Waals surface area contributed by atoms with E-state index >= 15 is 0 Å². The number of carbonyl (C=O) groups is 2. The second-order valence-electron chi connectivity index (χ2n) is 2.86. The Bertz CT molecular complexity index is 451. The average Bonchev–Trinajstić information content (AvgIpc) is 2.16. The number of carboxylic acid groups (broad SMARTS) is 2. The van der Waals surface area contributed by atoms with Crippen molar-refractivity contribution in [2.24, 2.45) is 0 Å². The summed E-state index contributed by atoms with van der Waals surface area (Å²) in [4.78, 5) is 25.5. The minimum Gasteiger partial charge on any atom is -0.478 e. The minimum atomic E-state index is -1.32. The Balaban J connectivity index is 3.63. The molecule has 0 atom stereocenters. The highest BCUT2D eigenvalue weighted by atomic mass is 16.4. The Hall–Kier alpha value is -2.17. The van der Waals surface area contributed by atoms with Crippen LogP contribution in [0.2, 0.25) is 0 Å². The van der Waals surface area contributed by atoms with E-state index in [1.165, 1.54) is 6.08 Å². The van der Waals surface area contributed by atoms with Crippen molar-refractivity contribution in [1.82, 2.24) is 4.98 Å². The summed E-state index contributed by atoms with van der Waals surface area (Å²) in [6.45, 7) is 5.03. The molecule has 0 saturated heterocycles. The first-order chi connectivity index (χ1) is 6.99. The van der Waals surface area contributed by atoms with Gasteiger partial charge in [-0.1, -0.05) is 12.7 Å². The zero-order chi connectivity index (χ0) is 11.6. The predicted molar refractivity (Wildman–Crippen MR) is 53.0 cm³/mol. The van der Waals surface area contributed by atoms with Gasteiger partial charge in [-0.3, -0.25) is 4.98 Å². The van der Waals surface area contributed by atoms with Crippen molar-refractivity contribution in [3.63, 3.8) is 0 Å². The van der Waals surface area contributed by atoms with Crippen molar-refractivity contribution in [3.8, 4) is 0 Å². The molecular weight excluding hydrogens is 198 g/mol. The molecular formula is C10H9NO4.